The smallest absolute Gasteiger partial charge is 0.230 e. The summed E-state index contributed by atoms with van der Waals surface area (Å²) in [5.74, 6) is 6.38. The van der Waals surface area contributed by atoms with Crippen LogP contribution < -0.4 is 9.64 Å². The van der Waals surface area contributed by atoms with Gasteiger partial charge in [-0.05, 0) is 42.5 Å². The molecule has 4 nitrogen and oxygen atoms in total. The molecule has 0 atom stereocenters. The summed E-state index contributed by atoms with van der Waals surface area (Å²) in [6, 6.07) is 9.10. The molecular formula is C19H16FN3OS. The molecule has 0 saturated carbocycles. The molecule has 0 unspecified atom stereocenters. The number of nitrogens with zero attached hydrogens (tertiary/aromatic N) is 3. The van der Waals surface area contributed by atoms with E-state index in [4.69, 9.17) is 4.74 Å². The largest absolute Gasteiger partial charge is 0.497 e. The van der Waals surface area contributed by atoms with Crippen LogP contribution in [0.1, 0.15) is 10.6 Å². The number of benzene rings is 1. The number of aromatic nitrogens is 2. The zero-order valence-electron chi connectivity index (χ0n) is 14.1. The number of thiazole rings is 1. The monoisotopic (exact) mass is 353 g/mol. The zero-order valence-corrected chi connectivity index (χ0v) is 14.9. The Labute approximate surface area is 149 Å². The van der Waals surface area contributed by atoms with Gasteiger partial charge in [0.15, 0.2) is 0 Å². The van der Waals surface area contributed by atoms with Gasteiger partial charge in [0.05, 0.1) is 22.9 Å². The van der Waals surface area contributed by atoms with Crippen LogP contribution in [0.5, 0.6) is 5.75 Å². The van der Waals surface area contributed by atoms with Crippen molar-refractivity contribution in [3.8, 4) is 17.6 Å². The normalized spacial score (nSPS) is 10.7. The van der Waals surface area contributed by atoms with Crippen molar-refractivity contribution in [1.29, 1.82) is 0 Å². The van der Waals surface area contributed by atoms with Crippen LogP contribution in [0.4, 0.5) is 10.2 Å². The van der Waals surface area contributed by atoms with Gasteiger partial charge in [-0.2, -0.15) is 4.39 Å². The molecule has 2 heterocycles. The molecule has 0 N–H and O–H groups in total. The number of methoxy groups -OCH3 is 1. The molecule has 0 bridgehead atoms. The minimum absolute atomic E-state index is 0.268. The summed E-state index contributed by atoms with van der Waals surface area (Å²) in [5, 5.41) is 0.833. The number of hydrogen-bond acceptors (Lipinski definition) is 5. The maximum absolute atomic E-state index is 13.9. The van der Waals surface area contributed by atoms with E-state index in [0.717, 1.165) is 21.0 Å². The first-order chi connectivity index (χ1) is 12.1. The molecule has 3 aromatic rings. The molecule has 0 aliphatic carbocycles. The van der Waals surface area contributed by atoms with Crippen molar-refractivity contribution in [2.45, 2.75) is 0 Å². The Bertz CT molecular complexity index is 999. The minimum Gasteiger partial charge on any atom is -0.497 e. The van der Waals surface area contributed by atoms with E-state index in [1.807, 2.05) is 38.4 Å². The molecule has 25 heavy (non-hydrogen) atoms. The van der Waals surface area contributed by atoms with Gasteiger partial charge in [-0.25, -0.2) is 9.97 Å². The molecule has 1 aromatic carbocycles. The molecule has 6 heteroatoms. The molecular weight excluding hydrogens is 337 g/mol. The Kier molecular flexibility index (Phi) is 4.96. The number of allylic oxidation sites excluding steroid dienone is 1. The maximum atomic E-state index is 13.9. The lowest BCUT2D eigenvalue weighted by atomic mass is 10.2. The molecule has 2 aromatic heterocycles. The average Bonchev–Trinajstić information content (AvgIpc) is 3.01. The highest BCUT2D eigenvalue weighted by Crippen LogP contribution is 2.26. The average molecular weight is 353 g/mol. The molecule has 0 fully saturated rings. The van der Waals surface area contributed by atoms with E-state index < -0.39 is 5.95 Å². The fraction of sp³-hybridized carbons (Fsp3) is 0.158. The predicted octanol–water partition coefficient (Wildman–Crippen LogP) is 3.97. The van der Waals surface area contributed by atoms with Gasteiger partial charge < -0.3 is 9.64 Å². The van der Waals surface area contributed by atoms with Gasteiger partial charge in [0, 0.05) is 14.1 Å². The third-order valence-electron chi connectivity index (χ3n) is 3.42. The van der Waals surface area contributed by atoms with Crippen molar-refractivity contribution < 1.29 is 9.13 Å². The highest BCUT2D eigenvalue weighted by atomic mass is 32.1. The van der Waals surface area contributed by atoms with Crippen LogP contribution in [-0.2, 0) is 0 Å². The van der Waals surface area contributed by atoms with Gasteiger partial charge in [-0.15, -0.1) is 11.3 Å². The second kappa shape index (κ2) is 7.32. The highest BCUT2D eigenvalue weighted by Gasteiger charge is 2.04. The van der Waals surface area contributed by atoms with Gasteiger partial charge in [-0.1, -0.05) is 11.8 Å². The number of rotatable bonds is 3. The molecule has 0 aliphatic heterocycles. The van der Waals surface area contributed by atoms with E-state index in [9.17, 15) is 4.39 Å². The molecule has 0 spiro atoms. The summed E-state index contributed by atoms with van der Waals surface area (Å²) in [7, 11) is 5.25. The first-order valence-corrected chi connectivity index (χ1v) is 8.35. The van der Waals surface area contributed by atoms with Gasteiger partial charge in [0.25, 0.3) is 0 Å². The Hall–Kier alpha value is -2.91. The topological polar surface area (TPSA) is 38.2 Å². The summed E-state index contributed by atoms with van der Waals surface area (Å²) in [4.78, 5) is 10.1. The zero-order chi connectivity index (χ0) is 17.8. The number of halogens is 1. The van der Waals surface area contributed by atoms with E-state index >= 15 is 0 Å². The first-order valence-electron chi connectivity index (χ1n) is 7.53. The number of hydrogen-bond donors (Lipinski definition) is 0. The lowest BCUT2D eigenvalue weighted by Gasteiger charge is -2.10. The third-order valence-corrected chi connectivity index (χ3v) is 4.40. The third kappa shape index (κ3) is 3.95. The van der Waals surface area contributed by atoms with E-state index in [2.05, 4.69) is 21.8 Å². The summed E-state index contributed by atoms with van der Waals surface area (Å²) in [6.07, 6.45) is 3.47. The van der Waals surface area contributed by atoms with Crippen molar-refractivity contribution in [2.24, 2.45) is 0 Å². The maximum Gasteiger partial charge on any atom is 0.230 e. The van der Waals surface area contributed by atoms with Crippen LogP contribution in [0.25, 0.3) is 16.3 Å². The minimum atomic E-state index is -0.570. The molecule has 0 amide bonds. The molecule has 3 rings (SSSR count). The Morgan fingerprint density at radius 3 is 2.76 bits per heavy atom. The lowest BCUT2D eigenvalue weighted by Crippen LogP contribution is -2.11. The SMILES string of the molecule is COc1ccc2nc(/C=C/C#Cc3ccc(N(C)C)nc3F)sc2c1. The lowest BCUT2D eigenvalue weighted by molar-refractivity contribution is 0.415. The highest BCUT2D eigenvalue weighted by molar-refractivity contribution is 7.19. The second-order valence-electron chi connectivity index (χ2n) is 5.39. The van der Waals surface area contributed by atoms with Crippen molar-refractivity contribution in [2.75, 3.05) is 26.1 Å². The summed E-state index contributed by atoms with van der Waals surface area (Å²) < 4.78 is 20.1. The standard InChI is InChI=1S/C19H16FN3OS/c1-23(2)17-11-8-13(19(20)22-17)6-4-5-7-18-21-15-10-9-14(24-3)12-16(15)25-18/h5,7-12H,1-3H3/b7-5+. The van der Waals surface area contributed by atoms with Crippen LogP contribution in [0.3, 0.4) is 0 Å². The molecule has 0 radical (unpaired) electrons. The number of anilines is 1. The van der Waals surface area contributed by atoms with Crippen LogP contribution in [0, 0.1) is 17.8 Å². The molecule has 0 aliphatic rings. The Morgan fingerprint density at radius 2 is 2.04 bits per heavy atom. The molecule has 126 valence electrons. The first kappa shape index (κ1) is 16.9. The van der Waals surface area contributed by atoms with Crippen molar-refractivity contribution in [3.63, 3.8) is 0 Å². The fourth-order valence-corrected chi connectivity index (χ4v) is 3.02. The van der Waals surface area contributed by atoms with Crippen LogP contribution in [0.2, 0.25) is 0 Å². The van der Waals surface area contributed by atoms with Gasteiger partial charge >= 0.3 is 0 Å². The predicted molar refractivity (Wildman–Crippen MR) is 101 cm³/mol. The van der Waals surface area contributed by atoms with E-state index in [1.54, 1.807) is 41.6 Å². The Morgan fingerprint density at radius 1 is 1.20 bits per heavy atom. The van der Waals surface area contributed by atoms with Crippen LogP contribution in [0.15, 0.2) is 36.4 Å². The van der Waals surface area contributed by atoms with E-state index in [0.29, 0.717) is 5.82 Å². The van der Waals surface area contributed by atoms with Crippen molar-refractivity contribution >= 4 is 33.4 Å². The van der Waals surface area contributed by atoms with Crippen molar-refractivity contribution in [1.82, 2.24) is 9.97 Å². The van der Waals surface area contributed by atoms with Crippen LogP contribution >= 0.6 is 11.3 Å². The molecule has 0 saturated heterocycles. The fourth-order valence-electron chi connectivity index (χ4n) is 2.12. The van der Waals surface area contributed by atoms with E-state index in [1.165, 1.54) is 0 Å². The van der Waals surface area contributed by atoms with Gasteiger partial charge in [0.1, 0.15) is 16.6 Å². The quantitative estimate of drug-likeness (QED) is 0.527. The van der Waals surface area contributed by atoms with Crippen molar-refractivity contribution in [3.05, 3.63) is 52.9 Å². The summed E-state index contributed by atoms with van der Waals surface area (Å²) in [6.45, 7) is 0. The van der Waals surface area contributed by atoms with E-state index in [-0.39, 0.29) is 5.56 Å². The second-order valence-corrected chi connectivity index (χ2v) is 6.45. The number of pyridine rings is 1. The number of fused-ring (bicyclic) bond motifs is 1. The van der Waals surface area contributed by atoms with Crippen LogP contribution in [-0.4, -0.2) is 31.2 Å². The number of ether oxygens (including phenoxy) is 1. The Balaban J connectivity index is 1.77. The summed E-state index contributed by atoms with van der Waals surface area (Å²) >= 11 is 1.54. The van der Waals surface area contributed by atoms with Gasteiger partial charge in [-0.3, -0.25) is 0 Å². The summed E-state index contributed by atoms with van der Waals surface area (Å²) in [5.41, 5.74) is 1.18. The van der Waals surface area contributed by atoms with Gasteiger partial charge in [0.2, 0.25) is 5.95 Å².